The van der Waals surface area contributed by atoms with Crippen LogP contribution in [0.5, 0.6) is 0 Å². The summed E-state index contributed by atoms with van der Waals surface area (Å²) in [6.07, 6.45) is 4.47. The van der Waals surface area contributed by atoms with Gasteiger partial charge in [-0.25, -0.2) is 0 Å². The molecule has 0 aliphatic carbocycles. The van der Waals surface area contributed by atoms with Crippen molar-refractivity contribution >= 4 is 101 Å². The molecule has 0 spiro atoms. The maximum Gasteiger partial charge on any atom is 0.0627 e. The molecule has 184 valence electrons. The normalized spacial score (nSPS) is 9.52. The average Bonchev–Trinajstić information content (AvgIpc) is 2.74. The van der Waals surface area contributed by atoms with Gasteiger partial charge in [0.05, 0.1) is 31.8 Å². The molecule has 29 heavy (non-hydrogen) atoms. The first-order valence-electron chi connectivity index (χ1n) is 9.21. The fourth-order valence-corrected chi connectivity index (χ4v) is 2.85. The highest BCUT2D eigenvalue weighted by Crippen LogP contribution is 2.11. The van der Waals surface area contributed by atoms with Crippen LogP contribution in [0.2, 0.25) is 0 Å². The summed E-state index contributed by atoms with van der Waals surface area (Å²) in [6.45, 7) is -1.62. The monoisotopic (exact) mass is 568 g/mol. The van der Waals surface area contributed by atoms with Crippen molar-refractivity contribution in [3.8, 4) is 0 Å². The zero-order chi connectivity index (χ0) is 23.8. The van der Waals surface area contributed by atoms with Crippen LogP contribution < -0.4 is 0 Å². The highest BCUT2D eigenvalue weighted by atomic mass is 32.1. The summed E-state index contributed by atoms with van der Waals surface area (Å²) in [5.74, 6) is 7.69. The van der Waals surface area contributed by atoms with Gasteiger partial charge in [0.15, 0.2) is 0 Å². The summed E-state index contributed by atoms with van der Waals surface area (Å²) in [4.78, 5) is 0. The Morgan fingerprint density at radius 1 is 0.345 bits per heavy atom. The number of hydrogen-bond acceptors (Lipinski definition) is 12. The maximum atomic E-state index is 8.50. The highest BCUT2D eigenvalue weighted by Gasteiger charge is 2.26. The van der Waals surface area contributed by atoms with E-state index in [1.165, 1.54) is 0 Å². The van der Waals surface area contributed by atoms with Crippen LogP contribution in [0.25, 0.3) is 0 Å². The molecule has 0 atom stereocenters. The topological polar surface area (TPSA) is 80.9 Å². The zero-order valence-electron chi connectivity index (χ0n) is 17.2. The third-order valence-corrected chi connectivity index (χ3v) is 5.14. The van der Waals surface area contributed by atoms with Crippen LogP contribution in [-0.4, -0.2) is 92.9 Å². The van der Waals surface area contributed by atoms with Crippen LogP contribution >= 0.6 is 101 Å². The van der Waals surface area contributed by atoms with Crippen LogP contribution in [0.1, 0.15) is 25.7 Å². The molecule has 0 amide bonds. The van der Waals surface area contributed by atoms with E-state index in [-0.39, 0.29) is 0 Å². The fourth-order valence-electron chi connectivity index (χ4n) is 0.583. The molecule has 0 bridgehead atoms. The summed E-state index contributed by atoms with van der Waals surface area (Å²) in [5.41, 5.74) is -1.11. The van der Waals surface area contributed by atoms with Crippen molar-refractivity contribution < 1.29 is 20.4 Å². The van der Waals surface area contributed by atoms with Crippen molar-refractivity contribution in [2.75, 3.05) is 72.5 Å². The van der Waals surface area contributed by atoms with E-state index in [2.05, 4.69) is 101 Å². The van der Waals surface area contributed by atoms with E-state index in [1.807, 2.05) is 0 Å². The first-order chi connectivity index (χ1) is 13.9. The smallest absolute Gasteiger partial charge is 0.0627 e. The Bertz CT molecular complexity index is 180. The Morgan fingerprint density at radius 3 is 0.483 bits per heavy atom. The van der Waals surface area contributed by atoms with Gasteiger partial charge in [-0.3, -0.25) is 0 Å². The molecular weight excluding hydrogens is 525 g/mol. The van der Waals surface area contributed by atoms with Gasteiger partial charge in [-0.05, 0) is 71.7 Å². The Kier molecular flexibility index (Phi) is 64.0. The van der Waals surface area contributed by atoms with E-state index >= 15 is 0 Å². The fraction of sp³-hybridized carbons (Fsp3) is 1.00. The maximum absolute atomic E-state index is 8.50. The number of aliphatic hydroxyl groups excluding tert-OH is 4. The second kappa shape index (κ2) is 44.3. The van der Waals surface area contributed by atoms with Gasteiger partial charge < -0.3 is 20.4 Å². The van der Waals surface area contributed by atoms with Gasteiger partial charge in [0, 0.05) is 0 Å². The molecule has 0 unspecified atom stereocenters. The Hall–Kier alpha value is 2.64. The van der Waals surface area contributed by atoms with Crippen molar-refractivity contribution in [1.29, 1.82) is 0 Å². The lowest BCUT2D eigenvalue weighted by Crippen LogP contribution is -2.37. The van der Waals surface area contributed by atoms with Gasteiger partial charge >= 0.3 is 0 Å². The molecule has 0 aromatic carbocycles. The van der Waals surface area contributed by atoms with Gasteiger partial charge in [-0.2, -0.15) is 101 Å². The van der Waals surface area contributed by atoms with E-state index in [0.29, 0.717) is 0 Å². The minimum Gasteiger partial charge on any atom is -0.396 e. The van der Waals surface area contributed by atoms with Gasteiger partial charge in [-0.15, -0.1) is 0 Å². The standard InChI is InChI=1S/C5H12O4.4C3H8S2/c6-1-5(2-7,3-8)4-9;4*4-2-1-3-5/h6-9H,1-4H2;4*4-5H,1-3H2. The second-order valence-corrected chi connectivity index (χ2v) is 8.91. The van der Waals surface area contributed by atoms with Crippen molar-refractivity contribution in [2.45, 2.75) is 25.7 Å². The second-order valence-electron chi connectivity index (χ2n) is 5.34. The van der Waals surface area contributed by atoms with Gasteiger partial charge in [0.2, 0.25) is 0 Å². The molecule has 4 N–H and O–H groups in total. The molecule has 0 aliphatic rings. The Labute approximate surface area is 223 Å². The molecule has 12 heteroatoms. The summed E-state index contributed by atoms with van der Waals surface area (Å²) < 4.78 is 0. The summed E-state index contributed by atoms with van der Waals surface area (Å²) >= 11 is 31.6. The molecule has 0 aliphatic heterocycles. The molecule has 0 aromatic rings. The number of aliphatic hydroxyl groups is 4. The summed E-state index contributed by atoms with van der Waals surface area (Å²) in [6, 6.07) is 0. The molecule has 0 rings (SSSR count). The molecule has 0 heterocycles. The molecule has 0 saturated heterocycles. The number of rotatable bonds is 12. The highest BCUT2D eigenvalue weighted by molar-refractivity contribution is 7.82. The van der Waals surface area contributed by atoms with Crippen molar-refractivity contribution in [2.24, 2.45) is 5.41 Å². The van der Waals surface area contributed by atoms with Gasteiger partial charge in [-0.1, -0.05) is 0 Å². The first-order valence-corrected chi connectivity index (χ1v) is 14.3. The lowest BCUT2D eigenvalue weighted by molar-refractivity contribution is -0.0328. The number of thiol groups is 8. The molecule has 0 radical (unpaired) electrons. The largest absolute Gasteiger partial charge is 0.396 e. The van der Waals surface area contributed by atoms with Crippen LogP contribution in [0.4, 0.5) is 0 Å². The average molecular weight is 569 g/mol. The first kappa shape index (κ1) is 41.9. The van der Waals surface area contributed by atoms with E-state index < -0.39 is 31.8 Å². The van der Waals surface area contributed by atoms with Crippen molar-refractivity contribution in [3.63, 3.8) is 0 Å². The molecule has 0 saturated carbocycles. The Morgan fingerprint density at radius 2 is 0.483 bits per heavy atom. The zero-order valence-corrected chi connectivity index (χ0v) is 24.3. The van der Waals surface area contributed by atoms with E-state index in [0.717, 1.165) is 71.7 Å². The Balaban J connectivity index is -0.0000000853. The predicted molar refractivity (Wildman–Crippen MR) is 160 cm³/mol. The lowest BCUT2D eigenvalue weighted by Gasteiger charge is -2.23. The summed E-state index contributed by atoms with van der Waals surface area (Å²) in [5, 5.41) is 34.0. The van der Waals surface area contributed by atoms with E-state index in [9.17, 15) is 0 Å². The molecule has 4 nitrogen and oxygen atoms in total. The number of hydrogen-bond donors (Lipinski definition) is 12. The lowest BCUT2D eigenvalue weighted by atomic mass is 9.93. The van der Waals surface area contributed by atoms with Gasteiger partial charge in [0.1, 0.15) is 0 Å². The molecule has 0 fully saturated rings. The van der Waals surface area contributed by atoms with Crippen LogP contribution in [0, 0.1) is 5.41 Å². The quantitative estimate of drug-likeness (QED) is 0.167. The van der Waals surface area contributed by atoms with E-state index in [1.54, 1.807) is 0 Å². The third-order valence-electron chi connectivity index (χ3n) is 2.61. The molecular formula is C17H44O4S8. The van der Waals surface area contributed by atoms with Crippen LogP contribution in [0.3, 0.4) is 0 Å². The minimum atomic E-state index is -1.11. The van der Waals surface area contributed by atoms with Crippen LogP contribution in [-0.2, 0) is 0 Å². The van der Waals surface area contributed by atoms with E-state index in [4.69, 9.17) is 20.4 Å². The summed E-state index contributed by atoms with van der Waals surface area (Å²) in [7, 11) is 0. The predicted octanol–water partition coefficient (Wildman–Crippen LogP) is 2.89. The third kappa shape index (κ3) is 49.0. The van der Waals surface area contributed by atoms with Crippen molar-refractivity contribution in [3.05, 3.63) is 0 Å². The van der Waals surface area contributed by atoms with Crippen LogP contribution in [0.15, 0.2) is 0 Å². The SMILES string of the molecule is OCC(CO)(CO)CO.SCCCS.SCCCS.SCCCS.SCCCS. The molecule has 0 aromatic heterocycles. The van der Waals surface area contributed by atoms with Crippen molar-refractivity contribution in [1.82, 2.24) is 0 Å². The van der Waals surface area contributed by atoms with Gasteiger partial charge in [0.25, 0.3) is 0 Å². The minimum absolute atomic E-state index is 0.406.